The molecule has 0 aliphatic carbocycles. The molecule has 5 nitrogen and oxygen atoms in total. The first kappa shape index (κ1) is 15.2. The second-order valence-electron chi connectivity index (χ2n) is 5.04. The average molecular weight is 319 g/mol. The van der Waals surface area contributed by atoms with Gasteiger partial charge in [-0.05, 0) is 12.0 Å². The van der Waals surface area contributed by atoms with Crippen molar-refractivity contribution in [3.05, 3.63) is 21.9 Å². The smallest absolute Gasteiger partial charge is 0.310 e. The molecule has 1 aliphatic rings. The van der Waals surface area contributed by atoms with Crippen molar-refractivity contribution in [1.29, 1.82) is 0 Å². The van der Waals surface area contributed by atoms with Crippen molar-refractivity contribution in [1.82, 2.24) is 9.47 Å². The number of nitrogens with zero attached hydrogens (tertiary/aromatic N) is 2. The number of amides is 1. The number of carbonyl (C=O) groups is 2. The van der Waals surface area contributed by atoms with Crippen molar-refractivity contribution in [2.45, 2.75) is 6.92 Å². The largest absolute Gasteiger partial charge is 0.469 e. The highest BCUT2D eigenvalue weighted by atomic mass is 35.5. The van der Waals surface area contributed by atoms with Crippen LogP contribution in [0.15, 0.2) is 6.07 Å². The number of methoxy groups -OCH3 is 1. The van der Waals surface area contributed by atoms with Gasteiger partial charge in [-0.15, -0.1) is 0 Å². The summed E-state index contributed by atoms with van der Waals surface area (Å²) in [6, 6.07) is 1.54. The predicted octanol–water partition coefficient (Wildman–Crippen LogP) is 2.21. The molecule has 0 aromatic carbocycles. The monoisotopic (exact) mass is 318 g/mol. The quantitative estimate of drug-likeness (QED) is 0.786. The van der Waals surface area contributed by atoms with Crippen molar-refractivity contribution in [3.63, 3.8) is 0 Å². The second-order valence-corrected chi connectivity index (χ2v) is 5.81. The fourth-order valence-electron chi connectivity index (χ4n) is 2.50. The summed E-state index contributed by atoms with van der Waals surface area (Å²) >= 11 is 11.9. The summed E-state index contributed by atoms with van der Waals surface area (Å²) in [6.45, 7) is 2.80. The van der Waals surface area contributed by atoms with Crippen LogP contribution in [0.3, 0.4) is 0 Å². The van der Waals surface area contributed by atoms with Crippen molar-refractivity contribution in [2.24, 2.45) is 18.9 Å². The maximum atomic E-state index is 12.5. The molecule has 110 valence electrons. The van der Waals surface area contributed by atoms with E-state index in [1.54, 1.807) is 22.6 Å². The predicted molar refractivity (Wildman–Crippen MR) is 76.0 cm³/mol. The van der Waals surface area contributed by atoms with Crippen LogP contribution in [-0.2, 0) is 16.6 Å². The Labute approximate surface area is 127 Å². The van der Waals surface area contributed by atoms with E-state index in [1.807, 2.05) is 6.92 Å². The van der Waals surface area contributed by atoms with E-state index in [2.05, 4.69) is 0 Å². The summed E-state index contributed by atoms with van der Waals surface area (Å²) < 4.78 is 6.30. The average Bonchev–Trinajstić information content (AvgIpc) is 2.93. The van der Waals surface area contributed by atoms with Crippen LogP contribution >= 0.6 is 23.2 Å². The Morgan fingerprint density at radius 1 is 1.35 bits per heavy atom. The highest BCUT2D eigenvalue weighted by Crippen LogP contribution is 2.29. The van der Waals surface area contributed by atoms with Gasteiger partial charge in [-0.25, -0.2) is 0 Å². The van der Waals surface area contributed by atoms with E-state index in [-0.39, 0.29) is 23.7 Å². The van der Waals surface area contributed by atoms with Gasteiger partial charge < -0.3 is 14.2 Å². The fraction of sp³-hybridized carbons (Fsp3) is 0.538. The highest BCUT2D eigenvalue weighted by molar-refractivity contribution is 6.41. The van der Waals surface area contributed by atoms with Gasteiger partial charge in [0.05, 0.1) is 18.1 Å². The molecule has 2 atom stereocenters. The van der Waals surface area contributed by atoms with Gasteiger partial charge in [-0.3, -0.25) is 9.59 Å². The number of hydrogen-bond donors (Lipinski definition) is 0. The lowest BCUT2D eigenvalue weighted by molar-refractivity contribution is -0.146. The van der Waals surface area contributed by atoms with E-state index in [4.69, 9.17) is 27.9 Å². The number of likely N-dealkylation sites (tertiary alicyclic amines) is 1. The zero-order valence-corrected chi connectivity index (χ0v) is 13.0. The summed E-state index contributed by atoms with van der Waals surface area (Å²) in [5.41, 5.74) is 0.415. The molecule has 2 heterocycles. The van der Waals surface area contributed by atoms with Crippen LogP contribution in [-0.4, -0.2) is 41.5 Å². The first-order valence-corrected chi connectivity index (χ1v) is 7.00. The molecule has 0 bridgehead atoms. The van der Waals surface area contributed by atoms with Crippen molar-refractivity contribution in [3.8, 4) is 0 Å². The second kappa shape index (κ2) is 5.66. The third-order valence-corrected chi connectivity index (χ3v) is 4.58. The minimum atomic E-state index is -0.282. The van der Waals surface area contributed by atoms with E-state index in [9.17, 15) is 9.59 Å². The molecule has 0 saturated carbocycles. The molecule has 0 N–H and O–H groups in total. The Balaban J connectivity index is 2.19. The first-order valence-electron chi connectivity index (χ1n) is 6.24. The van der Waals surface area contributed by atoms with Gasteiger partial charge in [0.1, 0.15) is 10.8 Å². The van der Waals surface area contributed by atoms with Crippen LogP contribution in [0.1, 0.15) is 17.4 Å². The molecule has 2 rings (SSSR count). The van der Waals surface area contributed by atoms with Crippen LogP contribution < -0.4 is 0 Å². The third kappa shape index (κ3) is 2.52. The summed E-state index contributed by atoms with van der Waals surface area (Å²) in [7, 11) is 3.04. The Bertz CT molecular complexity index is 556. The molecule has 1 aromatic rings. The molecule has 0 spiro atoms. The molecule has 1 saturated heterocycles. The zero-order chi connectivity index (χ0) is 15.0. The van der Waals surface area contributed by atoms with Gasteiger partial charge in [0.25, 0.3) is 5.91 Å². The molecule has 1 aromatic heterocycles. The molecule has 1 fully saturated rings. The summed E-state index contributed by atoms with van der Waals surface area (Å²) in [6.07, 6.45) is 0. The summed E-state index contributed by atoms with van der Waals surface area (Å²) in [4.78, 5) is 25.8. The number of rotatable bonds is 2. The number of carbonyl (C=O) groups excluding carboxylic acids is 2. The lowest BCUT2D eigenvalue weighted by Crippen LogP contribution is -2.31. The Morgan fingerprint density at radius 3 is 2.50 bits per heavy atom. The Kier molecular flexibility index (Phi) is 4.30. The van der Waals surface area contributed by atoms with E-state index in [0.717, 1.165) is 0 Å². The number of ether oxygens (including phenoxy) is 1. The zero-order valence-electron chi connectivity index (χ0n) is 11.5. The third-order valence-electron chi connectivity index (χ3n) is 3.74. The summed E-state index contributed by atoms with van der Waals surface area (Å²) in [5.74, 6) is -0.678. The maximum absolute atomic E-state index is 12.5. The van der Waals surface area contributed by atoms with Crippen LogP contribution in [0, 0.1) is 11.8 Å². The van der Waals surface area contributed by atoms with Crippen LogP contribution in [0.25, 0.3) is 0 Å². The lowest BCUT2D eigenvalue weighted by Gasteiger charge is -2.16. The minimum Gasteiger partial charge on any atom is -0.469 e. The number of hydrogen-bond acceptors (Lipinski definition) is 3. The van der Waals surface area contributed by atoms with Crippen molar-refractivity contribution >= 4 is 35.1 Å². The van der Waals surface area contributed by atoms with Crippen LogP contribution in [0.5, 0.6) is 0 Å². The Hall–Kier alpha value is -1.20. The molecule has 7 heteroatoms. The van der Waals surface area contributed by atoms with Gasteiger partial charge in [-0.2, -0.15) is 0 Å². The number of halogens is 2. The van der Waals surface area contributed by atoms with Gasteiger partial charge in [0, 0.05) is 20.1 Å². The molecule has 0 radical (unpaired) electrons. The molecular weight excluding hydrogens is 303 g/mol. The topological polar surface area (TPSA) is 51.5 Å². The van der Waals surface area contributed by atoms with Crippen molar-refractivity contribution in [2.75, 3.05) is 20.2 Å². The van der Waals surface area contributed by atoms with E-state index >= 15 is 0 Å². The van der Waals surface area contributed by atoms with Gasteiger partial charge >= 0.3 is 5.97 Å². The standard InChI is InChI=1S/C13H16Cl2N2O3/c1-7-5-17(6-8(7)13(19)20-3)12(18)10-4-9(14)11(15)16(10)2/h4,7-8H,5-6H2,1-3H3. The van der Waals surface area contributed by atoms with Gasteiger partial charge in [-0.1, -0.05) is 30.1 Å². The summed E-state index contributed by atoms with van der Waals surface area (Å²) in [5, 5.41) is 0.668. The van der Waals surface area contributed by atoms with E-state index in [1.165, 1.54) is 7.11 Å². The van der Waals surface area contributed by atoms with Crippen LogP contribution in [0.4, 0.5) is 0 Å². The van der Waals surface area contributed by atoms with E-state index in [0.29, 0.717) is 29.0 Å². The first-order chi connectivity index (χ1) is 9.36. The van der Waals surface area contributed by atoms with Crippen molar-refractivity contribution < 1.29 is 14.3 Å². The molecule has 1 amide bonds. The Morgan fingerprint density at radius 2 is 2.00 bits per heavy atom. The molecule has 20 heavy (non-hydrogen) atoms. The van der Waals surface area contributed by atoms with Crippen LogP contribution in [0.2, 0.25) is 10.2 Å². The number of aromatic nitrogens is 1. The molecule has 2 unspecified atom stereocenters. The number of esters is 1. The fourth-order valence-corrected chi connectivity index (χ4v) is 2.88. The van der Waals surface area contributed by atoms with Gasteiger partial charge in [0.2, 0.25) is 0 Å². The normalized spacial score (nSPS) is 22.1. The molecular formula is C13H16Cl2N2O3. The maximum Gasteiger partial charge on any atom is 0.310 e. The van der Waals surface area contributed by atoms with Gasteiger partial charge in [0.15, 0.2) is 0 Å². The van der Waals surface area contributed by atoms with E-state index < -0.39 is 0 Å². The SMILES string of the molecule is COC(=O)C1CN(C(=O)c2cc(Cl)c(Cl)n2C)CC1C. The minimum absolute atomic E-state index is 0.0672. The lowest BCUT2D eigenvalue weighted by atomic mass is 9.99. The highest BCUT2D eigenvalue weighted by Gasteiger charge is 2.38. The molecule has 1 aliphatic heterocycles.